The standard InChI is InChI=1S/C13H11BrF3NO2/c1-13(2,3)20-12(19)18-5-7(14)6-4-8(15)9(16)10(17)11(6)18/h4-5H,1-3H3. The fourth-order valence-electron chi connectivity index (χ4n) is 1.71. The van der Waals surface area contributed by atoms with Crippen LogP contribution < -0.4 is 0 Å². The topological polar surface area (TPSA) is 31.2 Å². The van der Waals surface area contributed by atoms with E-state index in [0.29, 0.717) is 0 Å². The Morgan fingerprint density at radius 3 is 2.40 bits per heavy atom. The van der Waals surface area contributed by atoms with E-state index in [-0.39, 0.29) is 15.4 Å². The molecule has 108 valence electrons. The summed E-state index contributed by atoms with van der Waals surface area (Å²) in [6, 6.07) is 0.818. The minimum atomic E-state index is -1.63. The maximum atomic E-state index is 13.9. The van der Waals surface area contributed by atoms with Crippen molar-refractivity contribution in [2.45, 2.75) is 26.4 Å². The van der Waals surface area contributed by atoms with Crippen molar-refractivity contribution in [3.8, 4) is 0 Å². The van der Waals surface area contributed by atoms with Gasteiger partial charge in [0.25, 0.3) is 0 Å². The quantitative estimate of drug-likeness (QED) is 0.650. The van der Waals surface area contributed by atoms with Crippen LogP contribution in [-0.4, -0.2) is 16.3 Å². The molecule has 0 bridgehead atoms. The number of hydrogen-bond acceptors (Lipinski definition) is 2. The van der Waals surface area contributed by atoms with Crippen molar-refractivity contribution in [2.24, 2.45) is 0 Å². The molecule has 0 saturated carbocycles. The minimum absolute atomic E-state index is 0.0484. The number of nitrogens with zero attached hydrogens (tertiary/aromatic N) is 1. The van der Waals surface area contributed by atoms with Crippen molar-refractivity contribution in [1.82, 2.24) is 4.57 Å². The third-order valence-electron chi connectivity index (χ3n) is 2.47. The zero-order chi connectivity index (χ0) is 15.2. The summed E-state index contributed by atoms with van der Waals surface area (Å²) in [5.41, 5.74) is -1.17. The van der Waals surface area contributed by atoms with Crippen LogP contribution in [0.3, 0.4) is 0 Å². The van der Waals surface area contributed by atoms with E-state index in [9.17, 15) is 18.0 Å². The van der Waals surface area contributed by atoms with E-state index in [1.807, 2.05) is 0 Å². The second kappa shape index (κ2) is 4.80. The number of ether oxygens (including phenoxy) is 1. The maximum Gasteiger partial charge on any atom is 0.419 e. The second-order valence-corrected chi connectivity index (χ2v) is 6.06. The average Bonchev–Trinajstić information content (AvgIpc) is 2.62. The highest BCUT2D eigenvalue weighted by atomic mass is 79.9. The van der Waals surface area contributed by atoms with Crippen molar-refractivity contribution < 1.29 is 22.7 Å². The zero-order valence-corrected chi connectivity index (χ0v) is 12.5. The lowest BCUT2D eigenvalue weighted by Gasteiger charge is -2.19. The Bertz CT molecular complexity index is 704. The first-order valence-electron chi connectivity index (χ1n) is 5.69. The van der Waals surface area contributed by atoms with Crippen LogP contribution in [0, 0.1) is 17.5 Å². The number of halogens is 4. The number of carbonyl (C=O) groups is 1. The largest absolute Gasteiger partial charge is 0.443 e. The zero-order valence-electron chi connectivity index (χ0n) is 10.9. The number of fused-ring (bicyclic) bond motifs is 1. The highest BCUT2D eigenvalue weighted by Gasteiger charge is 2.25. The van der Waals surface area contributed by atoms with Crippen LogP contribution in [0.4, 0.5) is 18.0 Å². The Morgan fingerprint density at radius 2 is 1.85 bits per heavy atom. The van der Waals surface area contributed by atoms with Crippen LogP contribution in [0.25, 0.3) is 10.9 Å². The van der Waals surface area contributed by atoms with Gasteiger partial charge >= 0.3 is 6.09 Å². The molecular formula is C13H11BrF3NO2. The first kappa shape index (κ1) is 14.9. The molecule has 0 aliphatic rings. The Hall–Kier alpha value is -1.50. The van der Waals surface area contributed by atoms with Crippen LogP contribution in [0.1, 0.15) is 20.8 Å². The van der Waals surface area contributed by atoms with E-state index in [1.54, 1.807) is 20.8 Å². The predicted octanol–water partition coefficient (Wildman–Crippen LogP) is 4.60. The molecule has 7 heteroatoms. The maximum absolute atomic E-state index is 13.9. The van der Waals surface area contributed by atoms with Gasteiger partial charge in [0.2, 0.25) is 0 Å². The Balaban J connectivity index is 2.67. The third kappa shape index (κ3) is 2.54. The van der Waals surface area contributed by atoms with Gasteiger partial charge in [-0.05, 0) is 42.8 Å². The summed E-state index contributed by atoms with van der Waals surface area (Å²) in [7, 11) is 0. The van der Waals surface area contributed by atoms with Crippen LogP contribution in [0.2, 0.25) is 0 Å². The highest BCUT2D eigenvalue weighted by Crippen LogP contribution is 2.31. The monoisotopic (exact) mass is 349 g/mol. The second-order valence-electron chi connectivity index (χ2n) is 5.21. The third-order valence-corrected chi connectivity index (χ3v) is 3.10. The van der Waals surface area contributed by atoms with Gasteiger partial charge in [-0.3, -0.25) is 0 Å². The summed E-state index contributed by atoms with van der Waals surface area (Å²) in [6.07, 6.45) is 0.332. The van der Waals surface area contributed by atoms with E-state index in [0.717, 1.165) is 10.6 Å². The molecule has 0 N–H and O–H groups in total. The SMILES string of the molecule is CC(C)(C)OC(=O)n1cc(Br)c2cc(F)c(F)c(F)c21. The Kier molecular flexibility index (Phi) is 3.58. The van der Waals surface area contributed by atoms with Crippen LogP contribution >= 0.6 is 15.9 Å². The van der Waals surface area contributed by atoms with Gasteiger partial charge in [0.05, 0.1) is 5.52 Å². The van der Waals surface area contributed by atoms with Crippen LogP contribution in [-0.2, 0) is 4.74 Å². The summed E-state index contributed by atoms with van der Waals surface area (Å²) in [4.78, 5) is 12.0. The smallest absolute Gasteiger partial charge is 0.419 e. The molecule has 0 amide bonds. The van der Waals surface area contributed by atoms with Gasteiger partial charge in [-0.15, -0.1) is 0 Å². The number of aromatic nitrogens is 1. The summed E-state index contributed by atoms with van der Waals surface area (Å²) in [5.74, 6) is -4.39. The van der Waals surface area contributed by atoms with E-state index >= 15 is 0 Å². The van der Waals surface area contributed by atoms with E-state index in [2.05, 4.69) is 15.9 Å². The fourth-order valence-corrected chi connectivity index (χ4v) is 2.21. The lowest BCUT2D eigenvalue weighted by atomic mass is 10.2. The first-order chi connectivity index (χ1) is 9.11. The van der Waals surface area contributed by atoms with E-state index < -0.39 is 29.1 Å². The van der Waals surface area contributed by atoms with Gasteiger partial charge in [0.1, 0.15) is 5.60 Å². The average molecular weight is 350 g/mol. The Labute approximate surface area is 121 Å². The molecule has 1 heterocycles. The molecule has 0 saturated heterocycles. The molecule has 1 aromatic heterocycles. The molecule has 0 aliphatic carbocycles. The van der Waals surface area contributed by atoms with Crippen LogP contribution in [0.5, 0.6) is 0 Å². The lowest BCUT2D eigenvalue weighted by molar-refractivity contribution is 0.0543. The van der Waals surface area contributed by atoms with E-state index in [4.69, 9.17) is 4.74 Å². The molecule has 20 heavy (non-hydrogen) atoms. The molecule has 2 aromatic rings. The molecule has 0 fully saturated rings. The molecular weight excluding hydrogens is 339 g/mol. The minimum Gasteiger partial charge on any atom is -0.443 e. The van der Waals surface area contributed by atoms with Gasteiger partial charge in [-0.2, -0.15) is 0 Å². The molecule has 2 rings (SSSR count). The van der Waals surface area contributed by atoms with Crippen LogP contribution in [0.15, 0.2) is 16.7 Å². The molecule has 0 atom stereocenters. The van der Waals surface area contributed by atoms with Crippen molar-refractivity contribution in [2.75, 3.05) is 0 Å². The molecule has 0 unspecified atom stereocenters. The summed E-state index contributed by atoms with van der Waals surface area (Å²) < 4.78 is 46.6. The first-order valence-corrected chi connectivity index (χ1v) is 6.48. The number of benzene rings is 1. The van der Waals surface area contributed by atoms with E-state index in [1.165, 1.54) is 6.20 Å². The van der Waals surface area contributed by atoms with Crippen molar-refractivity contribution in [1.29, 1.82) is 0 Å². The summed E-state index contributed by atoms with van der Waals surface area (Å²) >= 11 is 3.07. The van der Waals surface area contributed by atoms with Gasteiger partial charge in [-0.1, -0.05) is 0 Å². The molecule has 0 spiro atoms. The van der Waals surface area contributed by atoms with Gasteiger partial charge in [0.15, 0.2) is 17.5 Å². The molecule has 0 aliphatic heterocycles. The summed E-state index contributed by atoms with van der Waals surface area (Å²) in [5, 5.41) is 0.0484. The molecule has 1 aromatic carbocycles. The highest BCUT2D eigenvalue weighted by molar-refractivity contribution is 9.10. The van der Waals surface area contributed by atoms with Gasteiger partial charge in [0, 0.05) is 16.1 Å². The summed E-state index contributed by atoms with van der Waals surface area (Å²) in [6.45, 7) is 4.92. The molecule has 3 nitrogen and oxygen atoms in total. The lowest BCUT2D eigenvalue weighted by Crippen LogP contribution is -2.27. The number of carbonyl (C=O) groups excluding carboxylic acids is 1. The fraction of sp³-hybridized carbons (Fsp3) is 0.308. The van der Waals surface area contributed by atoms with Gasteiger partial charge in [-0.25, -0.2) is 22.5 Å². The van der Waals surface area contributed by atoms with Crippen molar-refractivity contribution >= 4 is 32.9 Å². The number of rotatable bonds is 0. The predicted molar refractivity (Wildman–Crippen MR) is 71.1 cm³/mol. The Morgan fingerprint density at radius 1 is 1.25 bits per heavy atom. The van der Waals surface area contributed by atoms with Gasteiger partial charge < -0.3 is 4.74 Å². The van der Waals surface area contributed by atoms with Crippen molar-refractivity contribution in [3.63, 3.8) is 0 Å². The normalized spacial score (nSPS) is 11.9. The number of hydrogen-bond donors (Lipinski definition) is 0. The molecule has 0 radical (unpaired) electrons. The van der Waals surface area contributed by atoms with Crippen molar-refractivity contribution in [3.05, 3.63) is 34.2 Å².